The molecule has 0 atom stereocenters. The number of anilines is 1. The Hall–Kier alpha value is -2.50. The van der Waals surface area contributed by atoms with Crippen LogP contribution in [0, 0.1) is 0 Å². The quantitative estimate of drug-likeness (QED) is 0.692. The molecule has 1 saturated heterocycles. The molecule has 0 saturated carbocycles. The molecule has 0 aliphatic carbocycles. The third-order valence-electron chi connectivity index (χ3n) is 4.74. The van der Waals surface area contributed by atoms with Gasteiger partial charge in [-0.2, -0.15) is 0 Å². The van der Waals surface area contributed by atoms with Crippen LogP contribution in [0.25, 0.3) is 22.0 Å². The Balaban J connectivity index is 1.37. The summed E-state index contributed by atoms with van der Waals surface area (Å²) in [5, 5.41) is 5.82. The molecule has 0 radical (unpaired) electrons. The highest BCUT2D eigenvalue weighted by Crippen LogP contribution is 2.23. The number of fused-ring (bicyclic) bond motifs is 1. The molecule has 134 valence electrons. The fraction of sp³-hybridized carbons (Fsp3) is 0.333. The Labute approximate surface area is 154 Å². The number of rotatable bonds is 6. The molecule has 0 amide bonds. The first kappa shape index (κ1) is 16.9. The van der Waals surface area contributed by atoms with Crippen molar-refractivity contribution in [3.8, 4) is 11.3 Å². The average molecular weight is 348 g/mol. The van der Waals surface area contributed by atoms with Gasteiger partial charge >= 0.3 is 0 Å². The maximum atomic E-state index is 5.38. The van der Waals surface area contributed by atoms with Crippen LogP contribution in [0.4, 0.5) is 5.95 Å². The second-order valence-corrected chi connectivity index (χ2v) is 6.56. The molecule has 1 fully saturated rings. The van der Waals surface area contributed by atoms with Crippen molar-refractivity contribution in [3.05, 3.63) is 54.7 Å². The molecule has 5 heteroatoms. The molecule has 2 heterocycles. The smallest absolute Gasteiger partial charge is 0.223 e. The van der Waals surface area contributed by atoms with Crippen LogP contribution >= 0.6 is 0 Å². The van der Waals surface area contributed by atoms with Crippen molar-refractivity contribution in [2.45, 2.75) is 6.42 Å². The van der Waals surface area contributed by atoms with E-state index in [0.29, 0.717) is 5.95 Å². The summed E-state index contributed by atoms with van der Waals surface area (Å²) in [6.45, 7) is 5.73. The van der Waals surface area contributed by atoms with Gasteiger partial charge in [-0.3, -0.25) is 4.90 Å². The molecule has 1 aliphatic heterocycles. The molecule has 0 unspecified atom stereocenters. The molecular weight excluding hydrogens is 324 g/mol. The summed E-state index contributed by atoms with van der Waals surface area (Å²) in [4.78, 5) is 11.5. The summed E-state index contributed by atoms with van der Waals surface area (Å²) in [7, 11) is 0. The molecule has 4 rings (SSSR count). The highest BCUT2D eigenvalue weighted by atomic mass is 16.5. The Bertz CT molecular complexity index is 861. The highest BCUT2D eigenvalue weighted by Gasteiger charge is 2.09. The van der Waals surface area contributed by atoms with Crippen molar-refractivity contribution in [3.63, 3.8) is 0 Å². The Morgan fingerprint density at radius 1 is 1.00 bits per heavy atom. The average Bonchev–Trinajstić information content (AvgIpc) is 2.72. The van der Waals surface area contributed by atoms with Crippen molar-refractivity contribution in [2.24, 2.45) is 0 Å². The standard InChI is InChI=1S/C21H24N4O/c1-2-5-18-16-19(7-6-17(18)4-1)20-8-10-23-21(24-20)22-9-3-11-25-12-14-26-15-13-25/h1-2,4-8,10,16H,3,9,11-15H2,(H,22,23,24). The molecule has 2 aromatic carbocycles. The number of nitrogens with zero attached hydrogens (tertiary/aromatic N) is 3. The van der Waals surface area contributed by atoms with Crippen LogP contribution in [-0.2, 0) is 4.74 Å². The predicted octanol–water partition coefficient (Wildman–Crippen LogP) is 3.43. The summed E-state index contributed by atoms with van der Waals surface area (Å²) in [6.07, 6.45) is 2.89. The number of morpholine rings is 1. The number of nitrogens with one attached hydrogen (secondary N) is 1. The van der Waals surface area contributed by atoms with Crippen molar-refractivity contribution in [1.82, 2.24) is 14.9 Å². The van der Waals surface area contributed by atoms with E-state index in [0.717, 1.165) is 57.1 Å². The first-order valence-corrected chi connectivity index (χ1v) is 9.25. The lowest BCUT2D eigenvalue weighted by molar-refractivity contribution is 0.0378. The molecule has 1 aromatic heterocycles. The van der Waals surface area contributed by atoms with Crippen molar-refractivity contribution in [1.29, 1.82) is 0 Å². The highest BCUT2D eigenvalue weighted by molar-refractivity contribution is 5.86. The molecule has 26 heavy (non-hydrogen) atoms. The molecule has 3 aromatic rings. The lowest BCUT2D eigenvalue weighted by Gasteiger charge is -2.26. The predicted molar refractivity (Wildman–Crippen MR) is 105 cm³/mol. The van der Waals surface area contributed by atoms with Crippen LogP contribution in [0.15, 0.2) is 54.7 Å². The van der Waals surface area contributed by atoms with Crippen LogP contribution in [0.2, 0.25) is 0 Å². The minimum atomic E-state index is 0.692. The number of aromatic nitrogens is 2. The van der Waals surface area contributed by atoms with Crippen LogP contribution in [0.1, 0.15) is 6.42 Å². The number of hydrogen-bond acceptors (Lipinski definition) is 5. The van der Waals surface area contributed by atoms with Crippen LogP contribution in [0.5, 0.6) is 0 Å². The van der Waals surface area contributed by atoms with Crippen molar-refractivity contribution >= 4 is 16.7 Å². The zero-order valence-electron chi connectivity index (χ0n) is 14.9. The zero-order valence-corrected chi connectivity index (χ0v) is 14.9. The minimum absolute atomic E-state index is 0.692. The fourth-order valence-electron chi connectivity index (χ4n) is 3.28. The van der Waals surface area contributed by atoms with E-state index >= 15 is 0 Å². The second kappa shape index (κ2) is 8.25. The lowest BCUT2D eigenvalue weighted by Crippen LogP contribution is -2.37. The first-order chi connectivity index (χ1) is 12.9. The molecule has 0 spiro atoms. The topological polar surface area (TPSA) is 50.3 Å². The fourth-order valence-corrected chi connectivity index (χ4v) is 3.28. The van der Waals surface area contributed by atoms with E-state index < -0.39 is 0 Å². The van der Waals surface area contributed by atoms with Crippen LogP contribution in [-0.4, -0.2) is 54.3 Å². The number of benzene rings is 2. The van der Waals surface area contributed by atoms with Gasteiger partial charge in [0.15, 0.2) is 0 Å². The van der Waals surface area contributed by atoms with Crippen LogP contribution in [0.3, 0.4) is 0 Å². The van der Waals surface area contributed by atoms with Gasteiger partial charge in [-0.1, -0.05) is 36.4 Å². The van der Waals surface area contributed by atoms with Gasteiger partial charge in [0.25, 0.3) is 0 Å². The SMILES string of the molecule is c1ccc2cc(-c3ccnc(NCCCN4CCOCC4)n3)ccc2c1. The van der Waals surface area contributed by atoms with E-state index in [2.05, 4.69) is 62.6 Å². The van der Waals surface area contributed by atoms with E-state index in [9.17, 15) is 0 Å². The molecule has 5 nitrogen and oxygen atoms in total. The summed E-state index contributed by atoms with van der Waals surface area (Å²) in [5.74, 6) is 0.692. The van der Waals surface area contributed by atoms with Gasteiger partial charge in [0.05, 0.1) is 18.9 Å². The Morgan fingerprint density at radius 2 is 1.85 bits per heavy atom. The van der Waals surface area contributed by atoms with E-state index in [1.54, 1.807) is 0 Å². The third-order valence-corrected chi connectivity index (χ3v) is 4.74. The summed E-state index contributed by atoms with van der Waals surface area (Å²) in [6, 6.07) is 16.8. The molecule has 1 aliphatic rings. The zero-order chi connectivity index (χ0) is 17.6. The second-order valence-electron chi connectivity index (χ2n) is 6.56. The van der Waals surface area contributed by atoms with E-state index in [-0.39, 0.29) is 0 Å². The number of hydrogen-bond donors (Lipinski definition) is 1. The first-order valence-electron chi connectivity index (χ1n) is 9.25. The molecule has 0 bridgehead atoms. The number of ether oxygens (including phenoxy) is 1. The summed E-state index contributed by atoms with van der Waals surface area (Å²) in [5.41, 5.74) is 2.06. The monoisotopic (exact) mass is 348 g/mol. The van der Waals surface area contributed by atoms with E-state index in [1.807, 2.05) is 12.3 Å². The lowest BCUT2D eigenvalue weighted by atomic mass is 10.1. The van der Waals surface area contributed by atoms with Gasteiger partial charge in [-0.05, 0) is 35.9 Å². The maximum absolute atomic E-state index is 5.38. The maximum Gasteiger partial charge on any atom is 0.223 e. The van der Waals surface area contributed by atoms with Gasteiger partial charge in [-0.15, -0.1) is 0 Å². The van der Waals surface area contributed by atoms with Gasteiger partial charge in [0, 0.05) is 31.4 Å². The molecular formula is C21H24N4O. The largest absolute Gasteiger partial charge is 0.379 e. The van der Waals surface area contributed by atoms with Crippen molar-refractivity contribution < 1.29 is 4.74 Å². The summed E-state index contributed by atoms with van der Waals surface area (Å²) >= 11 is 0. The third kappa shape index (κ3) is 4.18. The normalized spacial score (nSPS) is 15.2. The minimum Gasteiger partial charge on any atom is -0.379 e. The van der Waals surface area contributed by atoms with Gasteiger partial charge in [-0.25, -0.2) is 9.97 Å². The van der Waals surface area contributed by atoms with Crippen LogP contribution < -0.4 is 5.32 Å². The van der Waals surface area contributed by atoms with Gasteiger partial charge in [0.2, 0.25) is 5.95 Å². The van der Waals surface area contributed by atoms with E-state index in [1.165, 1.54) is 10.8 Å². The Kier molecular flexibility index (Phi) is 5.38. The van der Waals surface area contributed by atoms with Gasteiger partial charge in [0.1, 0.15) is 0 Å². The Morgan fingerprint density at radius 3 is 2.73 bits per heavy atom. The van der Waals surface area contributed by atoms with Gasteiger partial charge < -0.3 is 10.1 Å². The molecule has 1 N–H and O–H groups in total. The van der Waals surface area contributed by atoms with Crippen molar-refractivity contribution in [2.75, 3.05) is 44.7 Å². The van der Waals surface area contributed by atoms with E-state index in [4.69, 9.17) is 4.74 Å². The summed E-state index contributed by atoms with van der Waals surface area (Å²) < 4.78 is 5.38.